The van der Waals surface area contributed by atoms with Gasteiger partial charge in [0.15, 0.2) is 17.2 Å². The molecule has 0 aliphatic rings. The van der Waals surface area contributed by atoms with Crippen LogP contribution in [0.25, 0.3) is 0 Å². The molecular weight excluding hydrogens is 284 g/mol. The molecule has 0 heterocycles. The number of carboxylic acids is 1. The smallest absolute Gasteiger partial charge is 0.408 e. The van der Waals surface area contributed by atoms with E-state index in [1.807, 2.05) is 0 Å². The SMILES string of the molecule is CC(C)(C)OC(=O)NC(C)(C(=O)O)c1cccc(F)c1F. The van der Waals surface area contributed by atoms with Crippen LogP contribution in [0.3, 0.4) is 0 Å². The van der Waals surface area contributed by atoms with E-state index in [4.69, 9.17) is 4.74 Å². The maximum absolute atomic E-state index is 13.8. The van der Waals surface area contributed by atoms with E-state index in [0.717, 1.165) is 25.1 Å². The molecule has 1 rings (SSSR count). The number of rotatable bonds is 3. The van der Waals surface area contributed by atoms with Crippen molar-refractivity contribution in [2.75, 3.05) is 0 Å². The maximum Gasteiger partial charge on any atom is 0.408 e. The van der Waals surface area contributed by atoms with E-state index in [-0.39, 0.29) is 0 Å². The minimum Gasteiger partial charge on any atom is -0.479 e. The van der Waals surface area contributed by atoms with Crippen LogP contribution in [0.15, 0.2) is 18.2 Å². The summed E-state index contributed by atoms with van der Waals surface area (Å²) in [5, 5.41) is 11.4. The Kier molecular flexibility index (Phi) is 4.56. The van der Waals surface area contributed by atoms with Gasteiger partial charge in [0, 0.05) is 5.56 Å². The lowest BCUT2D eigenvalue weighted by molar-refractivity contribution is -0.144. The number of carboxylic acid groups (broad SMARTS) is 1. The van der Waals surface area contributed by atoms with Gasteiger partial charge in [-0.3, -0.25) is 0 Å². The standard InChI is InChI=1S/C14H17F2NO4/c1-13(2,3)21-12(20)17-14(4,11(18)19)8-6-5-7-9(15)10(8)16/h5-7H,1-4H3,(H,17,20)(H,18,19). The van der Waals surface area contributed by atoms with Crippen molar-refractivity contribution in [3.8, 4) is 0 Å². The second kappa shape index (κ2) is 5.67. The van der Waals surface area contributed by atoms with Gasteiger partial charge in [0.2, 0.25) is 0 Å². The summed E-state index contributed by atoms with van der Waals surface area (Å²) in [6.45, 7) is 5.82. The minimum absolute atomic E-state index is 0.499. The number of amides is 1. The van der Waals surface area contributed by atoms with Crippen LogP contribution in [-0.2, 0) is 15.1 Å². The summed E-state index contributed by atoms with van der Waals surface area (Å²) in [4.78, 5) is 23.2. The average Bonchev–Trinajstić information content (AvgIpc) is 2.29. The summed E-state index contributed by atoms with van der Waals surface area (Å²) in [6, 6.07) is 3.10. The van der Waals surface area contributed by atoms with Crippen molar-refractivity contribution in [3.05, 3.63) is 35.4 Å². The highest BCUT2D eigenvalue weighted by molar-refractivity contribution is 5.85. The number of ether oxygens (including phenoxy) is 1. The molecule has 0 bridgehead atoms. The Balaban J connectivity index is 3.18. The molecular formula is C14H17F2NO4. The van der Waals surface area contributed by atoms with E-state index in [0.29, 0.717) is 0 Å². The molecule has 0 aliphatic heterocycles. The van der Waals surface area contributed by atoms with E-state index in [2.05, 4.69) is 5.32 Å². The van der Waals surface area contributed by atoms with Gasteiger partial charge < -0.3 is 15.2 Å². The maximum atomic E-state index is 13.8. The van der Waals surface area contributed by atoms with Gasteiger partial charge in [-0.15, -0.1) is 0 Å². The van der Waals surface area contributed by atoms with E-state index in [1.165, 1.54) is 0 Å². The lowest BCUT2D eigenvalue weighted by Crippen LogP contribution is -2.51. The van der Waals surface area contributed by atoms with Gasteiger partial charge >= 0.3 is 12.1 Å². The molecule has 0 aliphatic carbocycles. The molecule has 21 heavy (non-hydrogen) atoms. The summed E-state index contributed by atoms with van der Waals surface area (Å²) in [5.41, 5.74) is -3.51. The van der Waals surface area contributed by atoms with E-state index < -0.39 is 40.4 Å². The fourth-order valence-corrected chi connectivity index (χ4v) is 1.63. The Bertz CT molecular complexity index is 569. The van der Waals surface area contributed by atoms with Crippen molar-refractivity contribution in [3.63, 3.8) is 0 Å². The number of alkyl carbamates (subject to hydrolysis) is 1. The predicted octanol–water partition coefficient (Wildman–Crippen LogP) is 2.79. The molecule has 0 fully saturated rings. The normalized spacial score (nSPS) is 14.2. The lowest BCUT2D eigenvalue weighted by atomic mass is 9.91. The summed E-state index contributed by atoms with van der Waals surface area (Å²) < 4.78 is 32.0. The molecule has 1 amide bonds. The van der Waals surface area contributed by atoms with Crippen LogP contribution in [0.5, 0.6) is 0 Å². The number of nitrogens with one attached hydrogen (secondary N) is 1. The summed E-state index contributed by atoms with van der Waals surface area (Å²) in [5.74, 6) is -4.08. The Morgan fingerprint density at radius 1 is 1.19 bits per heavy atom. The number of aliphatic carboxylic acids is 1. The van der Waals surface area contributed by atoms with E-state index in [9.17, 15) is 23.5 Å². The summed E-state index contributed by atoms with van der Waals surface area (Å²) >= 11 is 0. The quantitative estimate of drug-likeness (QED) is 0.900. The molecule has 7 heteroatoms. The third-order valence-corrected chi connectivity index (χ3v) is 2.67. The first-order valence-corrected chi connectivity index (χ1v) is 6.16. The number of hydrogen-bond donors (Lipinski definition) is 2. The molecule has 0 radical (unpaired) electrons. The van der Waals surface area contributed by atoms with Gasteiger partial charge in [-0.25, -0.2) is 18.4 Å². The van der Waals surface area contributed by atoms with Crippen LogP contribution in [0.2, 0.25) is 0 Å². The molecule has 2 N–H and O–H groups in total. The molecule has 1 aromatic carbocycles. The second-order valence-electron chi connectivity index (χ2n) is 5.66. The zero-order valence-electron chi connectivity index (χ0n) is 12.2. The Labute approximate surface area is 120 Å². The highest BCUT2D eigenvalue weighted by Crippen LogP contribution is 2.26. The molecule has 0 saturated heterocycles. The van der Waals surface area contributed by atoms with Crippen LogP contribution in [0.4, 0.5) is 13.6 Å². The third-order valence-electron chi connectivity index (χ3n) is 2.67. The second-order valence-corrected chi connectivity index (χ2v) is 5.66. The largest absolute Gasteiger partial charge is 0.479 e. The van der Waals surface area contributed by atoms with Crippen LogP contribution in [0, 0.1) is 11.6 Å². The number of carbonyl (C=O) groups is 2. The van der Waals surface area contributed by atoms with Gasteiger partial charge in [0.05, 0.1) is 0 Å². The van der Waals surface area contributed by atoms with Crippen molar-refractivity contribution < 1.29 is 28.2 Å². The third kappa shape index (κ3) is 3.90. The van der Waals surface area contributed by atoms with Gasteiger partial charge in [-0.2, -0.15) is 0 Å². The zero-order chi connectivity index (χ0) is 16.4. The van der Waals surface area contributed by atoms with Gasteiger partial charge in [0.25, 0.3) is 0 Å². The minimum atomic E-state index is -2.16. The van der Waals surface area contributed by atoms with Crippen molar-refractivity contribution >= 4 is 12.1 Å². The lowest BCUT2D eigenvalue weighted by Gasteiger charge is -2.29. The monoisotopic (exact) mass is 301 g/mol. The summed E-state index contributed by atoms with van der Waals surface area (Å²) in [7, 11) is 0. The molecule has 1 atom stereocenters. The van der Waals surface area contributed by atoms with Crippen molar-refractivity contribution in [2.45, 2.75) is 38.8 Å². The molecule has 0 aromatic heterocycles. The topological polar surface area (TPSA) is 75.6 Å². The predicted molar refractivity (Wildman–Crippen MR) is 70.7 cm³/mol. The first kappa shape index (κ1) is 16.9. The first-order chi connectivity index (χ1) is 9.47. The number of carbonyl (C=O) groups excluding carboxylic acids is 1. The highest BCUT2D eigenvalue weighted by atomic mass is 19.2. The summed E-state index contributed by atoms with van der Waals surface area (Å²) in [6.07, 6.45) is -1.05. The fraction of sp³-hybridized carbons (Fsp3) is 0.429. The van der Waals surface area contributed by atoms with Crippen LogP contribution < -0.4 is 5.32 Å². The molecule has 1 unspecified atom stereocenters. The molecule has 116 valence electrons. The molecule has 0 saturated carbocycles. The zero-order valence-corrected chi connectivity index (χ0v) is 12.2. The van der Waals surface area contributed by atoms with Crippen LogP contribution in [0.1, 0.15) is 33.3 Å². The fourth-order valence-electron chi connectivity index (χ4n) is 1.63. The Morgan fingerprint density at radius 2 is 1.76 bits per heavy atom. The van der Waals surface area contributed by atoms with Crippen molar-refractivity contribution in [2.24, 2.45) is 0 Å². The number of halogens is 2. The average molecular weight is 301 g/mol. The number of benzene rings is 1. The Morgan fingerprint density at radius 3 is 2.24 bits per heavy atom. The van der Waals surface area contributed by atoms with Crippen molar-refractivity contribution in [1.29, 1.82) is 0 Å². The highest BCUT2D eigenvalue weighted by Gasteiger charge is 2.41. The van der Waals surface area contributed by atoms with Crippen LogP contribution >= 0.6 is 0 Å². The van der Waals surface area contributed by atoms with E-state index in [1.54, 1.807) is 20.8 Å². The van der Waals surface area contributed by atoms with Gasteiger partial charge in [-0.1, -0.05) is 12.1 Å². The molecule has 0 spiro atoms. The van der Waals surface area contributed by atoms with Crippen LogP contribution in [-0.4, -0.2) is 22.8 Å². The van der Waals surface area contributed by atoms with Gasteiger partial charge in [0.1, 0.15) is 5.60 Å². The van der Waals surface area contributed by atoms with Gasteiger partial charge in [-0.05, 0) is 33.8 Å². The molecule has 1 aromatic rings. The number of hydrogen-bond acceptors (Lipinski definition) is 3. The van der Waals surface area contributed by atoms with E-state index >= 15 is 0 Å². The van der Waals surface area contributed by atoms with Crippen molar-refractivity contribution in [1.82, 2.24) is 5.32 Å². The first-order valence-electron chi connectivity index (χ1n) is 6.16. The molecule has 5 nitrogen and oxygen atoms in total. The Hall–Kier alpha value is -2.18.